The summed E-state index contributed by atoms with van der Waals surface area (Å²) in [6.45, 7) is 4.52. The number of rotatable bonds is 3. The molecule has 0 aliphatic heterocycles. The lowest BCUT2D eigenvalue weighted by Gasteiger charge is -2.19. The monoisotopic (exact) mass is 243 g/mol. The van der Waals surface area contributed by atoms with Crippen molar-refractivity contribution in [3.8, 4) is 0 Å². The second-order valence-corrected chi connectivity index (χ2v) is 4.18. The number of aromatic nitrogens is 2. The molecular formula is C14H17N3O. The topological polar surface area (TPSA) is 38.1 Å². The summed E-state index contributed by atoms with van der Waals surface area (Å²) in [7, 11) is 1.84. The molecule has 0 N–H and O–H groups in total. The first kappa shape index (κ1) is 12.4. The molecule has 0 aliphatic rings. The fourth-order valence-electron chi connectivity index (χ4n) is 1.85. The minimum atomic E-state index is -0.0626. The van der Waals surface area contributed by atoms with E-state index in [0.29, 0.717) is 12.2 Å². The van der Waals surface area contributed by atoms with Crippen molar-refractivity contribution in [2.45, 2.75) is 13.8 Å². The Morgan fingerprint density at radius 2 is 2.00 bits per heavy atom. The van der Waals surface area contributed by atoms with Gasteiger partial charge in [0.1, 0.15) is 0 Å². The highest BCUT2D eigenvalue weighted by Gasteiger charge is 2.18. The summed E-state index contributed by atoms with van der Waals surface area (Å²) >= 11 is 0. The van der Waals surface area contributed by atoms with Crippen LogP contribution in [0.4, 0.5) is 5.69 Å². The van der Waals surface area contributed by atoms with Gasteiger partial charge in [-0.1, -0.05) is 18.2 Å². The van der Waals surface area contributed by atoms with Crippen molar-refractivity contribution in [1.29, 1.82) is 0 Å². The molecule has 0 unspecified atom stereocenters. The predicted octanol–water partition coefficient (Wildman–Crippen LogP) is 2.40. The molecule has 94 valence electrons. The summed E-state index contributed by atoms with van der Waals surface area (Å²) in [5.74, 6) is -0.0626. The molecule has 0 atom stereocenters. The van der Waals surface area contributed by atoms with Crippen molar-refractivity contribution in [1.82, 2.24) is 9.78 Å². The van der Waals surface area contributed by atoms with Crippen LogP contribution in [0.5, 0.6) is 0 Å². The van der Waals surface area contributed by atoms with Crippen LogP contribution in [0.2, 0.25) is 0 Å². The number of para-hydroxylation sites is 1. The van der Waals surface area contributed by atoms with E-state index in [4.69, 9.17) is 0 Å². The number of anilines is 1. The molecule has 2 aromatic rings. The van der Waals surface area contributed by atoms with Gasteiger partial charge in [-0.15, -0.1) is 0 Å². The van der Waals surface area contributed by atoms with E-state index in [-0.39, 0.29) is 5.91 Å². The molecular weight excluding hydrogens is 226 g/mol. The van der Waals surface area contributed by atoms with Crippen LogP contribution in [0.15, 0.2) is 36.4 Å². The Labute approximate surface area is 107 Å². The first-order chi connectivity index (χ1) is 8.63. The summed E-state index contributed by atoms with van der Waals surface area (Å²) < 4.78 is 1.71. The van der Waals surface area contributed by atoms with Crippen LogP contribution >= 0.6 is 0 Å². The van der Waals surface area contributed by atoms with Crippen LogP contribution in [0.3, 0.4) is 0 Å². The van der Waals surface area contributed by atoms with E-state index in [1.807, 2.05) is 57.3 Å². The lowest BCUT2D eigenvalue weighted by molar-refractivity contribution is 0.0983. The minimum Gasteiger partial charge on any atom is -0.307 e. The number of benzene rings is 1. The van der Waals surface area contributed by atoms with Crippen molar-refractivity contribution < 1.29 is 4.79 Å². The first-order valence-corrected chi connectivity index (χ1v) is 6.01. The smallest absolute Gasteiger partial charge is 0.278 e. The fraction of sp³-hybridized carbons (Fsp3) is 0.286. The van der Waals surface area contributed by atoms with Gasteiger partial charge in [0, 0.05) is 25.0 Å². The molecule has 0 spiro atoms. The van der Waals surface area contributed by atoms with Crippen LogP contribution in [-0.4, -0.2) is 22.2 Å². The number of aryl methyl sites for hydroxylation is 2. The Morgan fingerprint density at radius 3 is 2.50 bits per heavy atom. The summed E-state index contributed by atoms with van der Waals surface area (Å²) in [5, 5.41) is 4.23. The molecule has 1 aromatic heterocycles. The lowest BCUT2D eigenvalue weighted by atomic mass is 10.2. The zero-order valence-corrected chi connectivity index (χ0v) is 10.9. The molecule has 0 saturated carbocycles. The van der Waals surface area contributed by atoms with Crippen molar-refractivity contribution in [2.24, 2.45) is 7.05 Å². The van der Waals surface area contributed by atoms with E-state index in [2.05, 4.69) is 5.10 Å². The molecule has 1 heterocycles. The number of hydrogen-bond acceptors (Lipinski definition) is 2. The van der Waals surface area contributed by atoms with E-state index < -0.39 is 0 Å². The van der Waals surface area contributed by atoms with Gasteiger partial charge in [0.2, 0.25) is 0 Å². The number of carbonyl (C=O) groups excluding carboxylic acids is 1. The molecule has 0 aliphatic carbocycles. The Balaban J connectivity index is 2.31. The zero-order chi connectivity index (χ0) is 13.1. The Morgan fingerprint density at radius 1 is 1.33 bits per heavy atom. The van der Waals surface area contributed by atoms with Gasteiger partial charge in [0.25, 0.3) is 5.91 Å². The third kappa shape index (κ3) is 2.27. The Bertz CT molecular complexity index is 526. The summed E-state index contributed by atoms with van der Waals surface area (Å²) in [6.07, 6.45) is 0. The fourth-order valence-corrected chi connectivity index (χ4v) is 1.85. The third-order valence-corrected chi connectivity index (χ3v) is 2.96. The van der Waals surface area contributed by atoms with Crippen LogP contribution in [0, 0.1) is 6.92 Å². The van der Waals surface area contributed by atoms with Gasteiger partial charge in [0.15, 0.2) is 5.69 Å². The SMILES string of the molecule is CCN(C(=O)c1cc(C)n(C)n1)c1ccccc1. The molecule has 1 amide bonds. The zero-order valence-electron chi connectivity index (χ0n) is 10.9. The van der Waals surface area contributed by atoms with Crippen LogP contribution in [0.1, 0.15) is 23.1 Å². The number of amides is 1. The Hall–Kier alpha value is -2.10. The van der Waals surface area contributed by atoms with Crippen LogP contribution in [0.25, 0.3) is 0 Å². The molecule has 0 fully saturated rings. The van der Waals surface area contributed by atoms with E-state index >= 15 is 0 Å². The van der Waals surface area contributed by atoms with E-state index in [1.54, 1.807) is 9.58 Å². The van der Waals surface area contributed by atoms with Gasteiger partial charge in [-0.2, -0.15) is 5.10 Å². The van der Waals surface area contributed by atoms with Gasteiger partial charge in [-0.3, -0.25) is 9.48 Å². The largest absolute Gasteiger partial charge is 0.307 e. The highest BCUT2D eigenvalue weighted by atomic mass is 16.2. The average Bonchev–Trinajstić information content (AvgIpc) is 2.72. The third-order valence-electron chi connectivity index (χ3n) is 2.96. The highest BCUT2D eigenvalue weighted by Crippen LogP contribution is 2.16. The lowest BCUT2D eigenvalue weighted by Crippen LogP contribution is -2.30. The second kappa shape index (κ2) is 5.04. The van der Waals surface area contributed by atoms with E-state index in [9.17, 15) is 4.79 Å². The van der Waals surface area contributed by atoms with Crippen molar-refractivity contribution in [3.63, 3.8) is 0 Å². The highest BCUT2D eigenvalue weighted by molar-refractivity contribution is 6.04. The second-order valence-electron chi connectivity index (χ2n) is 4.18. The first-order valence-electron chi connectivity index (χ1n) is 6.01. The molecule has 18 heavy (non-hydrogen) atoms. The van der Waals surface area contributed by atoms with Gasteiger partial charge in [0.05, 0.1) is 0 Å². The number of carbonyl (C=O) groups is 1. The average molecular weight is 243 g/mol. The number of nitrogens with zero attached hydrogens (tertiary/aromatic N) is 3. The normalized spacial score (nSPS) is 10.4. The van der Waals surface area contributed by atoms with Crippen LogP contribution in [-0.2, 0) is 7.05 Å². The molecule has 1 aromatic carbocycles. The molecule has 0 radical (unpaired) electrons. The Kier molecular flexibility index (Phi) is 3.46. The quantitative estimate of drug-likeness (QED) is 0.830. The maximum atomic E-state index is 12.4. The van der Waals surface area contributed by atoms with Gasteiger partial charge in [-0.25, -0.2) is 0 Å². The molecule has 4 heteroatoms. The molecule has 4 nitrogen and oxygen atoms in total. The van der Waals surface area contributed by atoms with Gasteiger partial charge < -0.3 is 4.90 Å². The van der Waals surface area contributed by atoms with Crippen molar-refractivity contribution in [2.75, 3.05) is 11.4 Å². The van der Waals surface area contributed by atoms with Crippen molar-refractivity contribution >= 4 is 11.6 Å². The van der Waals surface area contributed by atoms with E-state index in [1.165, 1.54) is 0 Å². The minimum absolute atomic E-state index is 0.0626. The summed E-state index contributed by atoms with van der Waals surface area (Å²) in [5.41, 5.74) is 2.36. The van der Waals surface area contributed by atoms with Crippen LogP contribution < -0.4 is 4.90 Å². The summed E-state index contributed by atoms with van der Waals surface area (Å²) in [6, 6.07) is 11.5. The molecule has 0 bridgehead atoms. The molecule has 2 rings (SSSR count). The maximum Gasteiger partial charge on any atom is 0.278 e. The maximum absolute atomic E-state index is 12.4. The van der Waals surface area contributed by atoms with Crippen molar-refractivity contribution in [3.05, 3.63) is 47.8 Å². The van der Waals surface area contributed by atoms with Gasteiger partial charge in [-0.05, 0) is 32.0 Å². The molecule has 0 saturated heterocycles. The standard InChI is InChI=1S/C14H17N3O/c1-4-17(12-8-6-5-7-9-12)14(18)13-10-11(2)16(3)15-13/h5-10H,4H2,1-3H3. The summed E-state index contributed by atoms with van der Waals surface area (Å²) in [4.78, 5) is 14.1. The number of hydrogen-bond donors (Lipinski definition) is 0. The van der Waals surface area contributed by atoms with Gasteiger partial charge >= 0.3 is 0 Å². The van der Waals surface area contributed by atoms with E-state index in [0.717, 1.165) is 11.4 Å². The predicted molar refractivity (Wildman–Crippen MR) is 71.7 cm³/mol.